The Hall–Kier alpha value is -5.96. The van der Waals surface area contributed by atoms with Crippen LogP contribution in [0.4, 0.5) is 0 Å². The first-order chi connectivity index (χ1) is 33.7. The monoisotopic (exact) mass is 997 g/mol. The summed E-state index contributed by atoms with van der Waals surface area (Å²) in [6.45, 7) is 13.7. The van der Waals surface area contributed by atoms with E-state index in [1.54, 1.807) is 0 Å². The predicted octanol–water partition coefficient (Wildman–Crippen LogP) is 0.994. The number of likely N-dealkylation sites (tertiary alicyclic amines) is 1. The van der Waals surface area contributed by atoms with Gasteiger partial charge in [-0.3, -0.25) is 54.0 Å². The van der Waals surface area contributed by atoms with Crippen LogP contribution in [-0.4, -0.2) is 133 Å². The molecule has 1 aliphatic heterocycles. The molecule has 6 atom stereocenters. The number of hydrogen-bond donors (Lipinski definition) is 11. The molecule has 0 unspecified atom stereocenters. The molecule has 1 aromatic rings. The summed E-state index contributed by atoms with van der Waals surface area (Å²) < 4.78 is 0. The van der Waals surface area contributed by atoms with Gasteiger partial charge in [0.25, 0.3) is 5.91 Å². The fraction of sp³-hybridized carbons (Fsp3) is 0.680. The maximum absolute atomic E-state index is 14.3. The molecule has 1 aliphatic rings. The Kier molecular flexibility index (Phi) is 28.9. The number of carbonyl (C=O) groups is 9. The van der Waals surface area contributed by atoms with Gasteiger partial charge in [0.1, 0.15) is 36.3 Å². The maximum Gasteiger partial charge on any atom is 0.260 e. The van der Waals surface area contributed by atoms with Crippen LogP contribution in [0, 0.1) is 23.2 Å². The van der Waals surface area contributed by atoms with Crippen LogP contribution >= 0.6 is 0 Å². The van der Waals surface area contributed by atoms with Gasteiger partial charge < -0.3 is 53.3 Å². The second-order valence-electron chi connectivity index (χ2n) is 19.6. The first-order valence-corrected chi connectivity index (χ1v) is 25.3. The van der Waals surface area contributed by atoms with Crippen molar-refractivity contribution >= 4 is 59.4 Å². The number of rotatable bonds is 33. The highest BCUT2D eigenvalue weighted by molar-refractivity contribution is 5.97. The third-order valence-electron chi connectivity index (χ3n) is 11.8. The van der Waals surface area contributed by atoms with E-state index in [4.69, 9.17) is 11.1 Å². The first kappa shape index (κ1) is 61.2. The number of nitrogens with one attached hydrogen (secondary N) is 10. The quantitative estimate of drug-likeness (QED) is 0.0268. The van der Waals surface area contributed by atoms with Crippen molar-refractivity contribution in [3.63, 3.8) is 0 Å². The lowest BCUT2D eigenvalue weighted by molar-refractivity contribution is -0.138. The van der Waals surface area contributed by atoms with Gasteiger partial charge in [-0.2, -0.15) is 0 Å². The van der Waals surface area contributed by atoms with Crippen LogP contribution in [0.5, 0.6) is 0 Å². The molecule has 398 valence electrons. The smallest absolute Gasteiger partial charge is 0.260 e. The van der Waals surface area contributed by atoms with Gasteiger partial charge in [-0.25, -0.2) is 0 Å². The molecule has 0 radical (unpaired) electrons. The molecule has 71 heavy (non-hydrogen) atoms. The second kappa shape index (κ2) is 33.6. The molecule has 0 saturated carbocycles. The predicted molar refractivity (Wildman–Crippen MR) is 271 cm³/mol. The van der Waals surface area contributed by atoms with Crippen molar-refractivity contribution in [2.45, 2.75) is 168 Å². The van der Waals surface area contributed by atoms with E-state index in [0.717, 1.165) is 18.4 Å². The van der Waals surface area contributed by atoms with Gasteiger partial charge in [0.05, 0.1) is 6.54 Å². The average molecular weight is 997 g/mol. The van der Waals surface area contributed by atoms with Gasteiger partial charge in [-0.15, -0.1) is 0 Å². The number of nitrogens with zero attached hydrogens (tertiary/aromatic N) is 1. The van der Waals surface area contributed by atoms with Gasteiger partial charge in [0, 0.05) is 32.6 Å². The molecule has 1 heterocycles. The van der Waals surface area contributed by atoms with Crippen LogP contribution in [0.25, 0.3) is 0 Å². The lowest BCUT2D eigenvalue weighted by Gasteiger charge is -2.28. The summed E-state index contributed by atoms with van der Waals surface area (Å²) in [5.74, 6) is -5.18. The fourth-order valence-electron chi connectivity index (χ4n) is 8.13. The summed E-state index contributed by atoms with van der Waals surface area (Å²) in [4.78, 5) is 122. The largest absolute Gasteiger partial charge is 0.345 e. The fourth-order valence-corrected chi connectivity index (χ4v) is 8.13. The molecule has 21 nitrogen and oxygen atoms in total. The van der Waals surface area contributed by atoms with Gasteiger partial charge in [-0.1, -0.05) is 78.3 Å². The SMILES string of the molecule is CC(=O)N1CCC[C@H]1C(=O)N[C@@H](CC(C)C)C(=O)NCC(=O)N[C@@H](CCc1ccccc1)C(=O)N[C@@H](CCCNCC=N)C(=O)N[C@@H](CC(C)C)C(=O)N[C@H](CC(C)C)C(=O)NNC(=O)CCCCCN. The number of hydrogen-bond acceptors (Lipinski definition) is 12. The molecule has 21 heteroatoms. The minimum atomic E-state index is -1.20. The number of aryl methyl sites for hydroxylation is 1. The molecule has 2 rings (SSSR count). The summed E-state index contributed by atoms with van der Waals surface area (Å²) in [5, 5.41) is 26.9. The molecule has 0 bridgehead atoms. The minimum absolute atomic E-state index is 0.0129. The number of hydrazine groups is 1. The summed E-state index contributed by atoms with van der Waals surface area (Å²) in [6.07, 6.45) is 6.24. The number of benzene rings is 1. The molecule has 1 fully saturated rings. The number of amides is 9. The Balaban J connectivity index is 2.31. The van der Waals surface area contributed by atoms with Crippen molar-refractivity contribution in [3.8, 4) is 0 Å². The Labute approximate surface area is 420 Å². The standard InChI is InChI=1S/C50H84N12O9/c1-32(2)28-39(59-50(71)42-19-15-27-62(42)35(7)63)45(66)54-31-44(65)55-38(22-21-36-16-10-8-11-17-36)47(68)56-37(18-14-25-53-26-24-52)46(67)57-40(29-33(3)4)48(69)58-41(30-34(5)6)49(70)61-60-43(64)20-12-9-13-23-51/h8,10-11,16-17,24,32-34,37-42,52-53H,9,12-15,18-23,25-31,51H2,1-7H3,(H,54,66)(H,55,65)(H,56,68)(H,57,67)(H,58,69)(H,59,71)(H,60,64)(H,61,70)/t37-,38-,39-,40-,41+,42-/m0/s1. The molecule has 12 N–H and O–H groups in total. The average Bonchev–Trinajstić information content (AvgIpc) is 3.82. The van der Waals surface area contributed by atoms with Crippen LogP contribution in [0.2, 0.25) is 0 Å². The van der Waals surface area contributed by atoms with E-state index in [1.165, 1.54) is 18.0 Å². The van der Waals surface area contributed by atoms with Crippen LogP contribution in [-0.2, 0) is 49.6 Å². The van der Waals surface area contributed by atoms with Gasteiger partial charge in [-0.05, 0) is 107 Å². The second-order valence-corrected chi connectivity index (χ2v) is 19.6. The summed E-state index contributed by atoms with van der Waals surface area (Å²) >= 11 is 0. The lowest BCUT2D eigenvalue weighted by Crippen LogP contribution is -2.59. The Morgan fingerprint density at radius 3 is 1.80 bits per heavy atom. The van der Waals surface area contributed by atoms with Crippen molar-refractivity contribution in [1.82, 2.24) is 53.0 Å². The van der Waals surface area contributed by atoms with Gasteiger partial charge >= 0.3 is 0 Å². The zero-order valence-corrected chi connectivity index (χ0v) is 43.1. The van der Waals surface area contributed by atoms with Crippen LogP contribution in [0.3, 0.4) is 0 Å². The molecule has 1 saturated heterocycles. The number of unbranched alkanes of at least 4 members (excludes halogenated alkanes) is 2. The van der Waals surface area contributed by atoms with Crippen molar-refractivity contribution in [2.75, 3.05) is 32.7 Å². The van der Waals surface area contributed by atoms with E-state index < -0.39 is 84.1 Å². The third kappa shape index (κ3) is 24.6. The zero-order valence-electron chi connectivity index (χ0n) is 43.1. The minimum Gasteiger partial charge on any atom is -0.345 e. The van der Waals surface area contributed by atoms with Crippen molar-refractivity contribution in [3.05, 3.63) is 35.9 Å². The normalized spacial score (nSPS) is 15.4. The van der Waals surface area contributed by atoms with Crippen LogP contribution < -0.4 is 53.8 Å². The number of carbonyl (C=O) groups excluding carboxylic acids is 9. The Morgan fingerprint density at radius 1 is 0.662 bits per heavy atom. The van der Waals surface area contributed by atoms with Gasteiger partial charge in [0.15, 0.2) is 0 Å². The first-order valence-electron chi connectivity index (χ1n) is 25.3. The lowest BCUT2D eigenvalue weighted by atomic mass is 9.99. The summed E-state index contributed by atoms with van der Waals surface area (Å²) in [6, 6.07) is 3.00. The van der Waals surface area contributed by atoms with E-state index in [9.17, 15) is 43.2 Å². The van der Waals surface area contributed by atoms with Crippen molar-refractivity contribution in [1.29, 1.82) is 5.41 Å². The van der Waals surface area contributed by atoms with Crippen molar-refractivity contribution < 1.29 is 43.2 Å². The highest BCUT2D eigenvalue weighted by atomic mass is 16.2. The number of nitrogens with two attached hydrogens (primary N) is 1. The molecule has 0 aromatic heterocycles. The summed E-state index contributed by atoms with van der Waals surface area (Å²) in [7, 11) is 0. The maximum atomic E-state index is 14.3. The molecule has 1 aromatic carbocycles. The Morgan fingerprint density at radius 2 is 1.23 bits per heavy atom. The van der Waals surface area contributed by atoms with E-state index >= 15 is 0 Å². The summed E-state index contributed by atoms with van der Waals surface area (Å²) in [5.41, 5.74) is 11.2. The van der Waals surface area contributed by atoms with Crippen molar-refractivity contribution in [2.24, 2.45) is 23.5 Å². The molecule has 0 aliphatic carbocycles. The van der Waals surface area contributed by atoms with E-state index in [1.807, 2.05) is 71.9 Å². The van der Waals surface area contributed by atoms with Crippen LogP contribution in [0.15, 0.2) is 30.3 Å². The molecular formula is C50H84N12O9. The van der Waals surface area contributed by atoms with E-state index in [-0.39, 0.29) is 74.6 Å². The topological polar surface area (TPSA) is 315 Å². The van der Waals surface area contributed by atoms with Gasteiger partial charge in [0.2, 0.25) is 47.3 Å². The highest BCUT2D eigenvalue weighted by Crippen LogP contribution is 2.18. The molecular weight excluding hydrogens is 913 g/mol. The molecule has 9 amide bonds. The highest BCUT2D eigenvalue weighted by Gasteiger charge is 2.36. The van der Waals surface area contributed by atoms with Crippen LogP contribution in [0.1, 0.15) is 131 Å². The van der Waals surface area contributed by atoms with E-state index in [0.29, 0.717) is 51.7 Å². The Bertz CT molecular complexity index is 1880. The van der Waals surface area contributed by atoms with E-state index in [2.05, 4.69) is 48.1 Å². The molecule has 0 spiro atoms. The zero-order chi connectivity index (χ0) is 52.9. The third-order valence-corrected chi connectivity index (χ3v) is 11.8.